The Hall–Kier alpha value is -0.950. The molecule has 1 nitrogen and oxygen atoms in total. The van der Waals surface area contributed by atoms with Gasteiger partial charge in [-0.25, -0.2) is 17.6 Å². The maximum absolute atomic E-state index is 13.5. The van der Waals surface area contributed by atoms with Gasteiger partial charge in [-0.05, 0) is 30.7 Å². The van der Waals surface area contributed by atoms with Crippen molar-refractivity contribution in [1.82, 2.24) is 5.32 Å². The van der Waals surface area contributed by atoms with Crippen molar-refractivity contribution in [3.05, 3.63) is 34.4 Å². The van der Waals surface area contributed by atoms with E-state index in [2.05, 4.69) is 5.32 Å². The van der Waals surface area contributed by atoms with Crippen LogP contribution in [0.1, 0.15) is 24.9 Å². The fourth-order valence-electron chi connectivity index (χ4n) is 1.63. The molecule has 1 unspecified atom stereocenters. The molecule has 1 N–H and O–H groups in total. The standard InChI is InChI=1S/C12H12ClF6N/c1-2-3-20-10(12(18,19)11(16)17)6-4-8(14)9(15)5-7(6)13/h4-5,10-11,20H,2-3H2,1H3. The number of alkyl halides is 4. The Kier molecular flexibility index (Phi) is 5.70. The second kappa shape index (κ2) is 6.67. The van der Waals surface area contributed by atoms with Crippen molar-refractivity contribution in [2.45, 2.75) is 31.7 Å². The van der Waals surface area contributed by atoms with Crippen molar-refractivity contribution in [1.29, 1.82) is 0 Å². The Labute approximate surface area is 116 Å². The largest absolute Gasteiger partial charge is 0.326 e. The minimum absolute atomic E-state index is 0.0116. The molecule has 114 valence electrons. The molecule has 0 amide bonds. The molecule has 20 heavy (non-hydrogen) atoms. The van der Waals surface area contributed by atoms with Gasteiger partial charge >= 0.3 is 12.3 Å². The van der Waals surface area contributed by atoms with E-state index < -0.39 is 40.6 Å². The third-order valence-corrected chi connectivity index (χ3v) is 2.95. The number of halogens is 7. The molecule has 0 heterocycles. The van der Waals surface area contributed by atoms with Gasteiger partial charge in [0.2, 0.25) is 0 Å². The van der Waals surface area contributed by atoms with Crippen molar-refractivity contribution in [2.24, 2.45) is 0 Å². The van der Waals surface area contributed by atoms with E-state index in [1.807, 2.05) is 0 Å². The summed E-state index contributed by atoms with van der Waals surface area (Å²) in [7, 11) is 0. The maximum atomic E-state index is 13.5. The first-order valence-corrected chi connectivity index (χ1v) is 6.13. The Morgan fingerprint density at radius 1 is 1.20 bits per heavy atom. The zero-order valence-corrected chi connectivity index (χ0v) is 11.1. The summed E-state index contributed by atoms with van der Waals surface area (Å²) in [5, 5.41) is 1.65. The van der Waals surface area contributed by atoms with Crippen molar-refractivity contribution in [3.8, 4) is 0 Å². The van der Waals surface area contributed by atoms with E-state index in [1.54, 1.807) is 6.92 Å². The summed E-state index contributed by atoms with van der Waals surface area (Å²) in [5.41, 5.74) is -0.607. The highest BCUT2D eigenvalue weighted by Crippen LogP contribution is 2.39. The van der Waals surface area contributed by atoms with E-state index in [9.17, 15) is 26.3 Å². The number of hydrogen-bond acceptors (Lipinski definition) is 1. The highest BCUT2D eigenvalue weighted by atomic mass is 35.5. The van der Waals surface area contributed by atoms with Crippen LogP contribution in [0.2, 0.25) is 5.02 Å². The molecule has 0 saturated carbocycles. The molecule has 0 aliphatic heterocycles. The van der Waals surface area contributed by atoms with Crippen LogP contribution in [0.15, 0.2) is 12.1 Å². The van der Waals surface area contributed by atoms with Crippen molar-refractivity contribution in [2.75, 3.05) is 6.54 Å². The van der Waals surface area contributed by atoms with Gasteiger partial charge in [0.05, 0.1) is 0 Å². The van der Waals surface area contributed by atoms with E-state index in [1.165, 1.54) is 0 Å². The molecular formula is C12H12ClF6N. The average Bonchev–Trinajstić information content (AvgIpc) is 2.35. The molecule has 1 atom stereocenters. The molecule has 0 fully saturated rings. The molecule has 0 aromatic heterocycles. The van der Waals surface area contributed by atoms with E-state index in [0.29, 0.717) is 18.6 Å². The number of rotatable bonds is 6. The molecule has 0 aliphatic carbocycles. The first kappa shape index (κ1) is 17.1. The minimum Gasteiger partial charge on any atom is -0.305 e. The fourth-order valence-corrected chi connectivity index (χ4v) is 1.89. The Morgan fingerprint density at radius 2 is 1.75 bits per heavy atom. The Bertz CT molecular complexity index is 466. The highest BCUT2D eigenvalue weighted by molar-refractivity contribution is 6.31. The molecule has 1 aromatic carbocycles. The SMILES string of the molecule is CCCNC(c1cc(F)c(F)cc1Cl)C(F)(F)C(F)F. The quantitative estimate of drug-likeness (QED) is 0.599. The van der Waals surface area contributed by atoms with E-state index >= 15 is 0 Å². The second-order valence-electron chi connectivity index (χ2n) is 4.15. The van der Waals surface area contributed by atoms with Crippen LogP contribution in [0.4, 0.5) is 26.3 Å². The van der Waals surface area contributed by atoms with Gasteiger partial charge in [-0.1, -0.05) is 18.5 Å². The monoisotopic (exact) mass is 319 g/mol. The number of nitrogens with one attached hydrogen (secondary N) is 1. The summed E-state index contributed by atoms with van der Waals surface area (Å²) in [6.07, 6.45) is -3.59. The predicted octanol–water partition coefficient (Wildman–Crippen LogP) is 4.56. The van der Waals surface area contributed by atoms with Gasteiger partial charge in [-0.3, -0.25) is 0 Å². The van der Waals surface area contributed by atoms with E-state index in [0.717, 1.165) is 0 Å². The smallest absolute Gasteiger partial charge is 0.305 e. The van der Waals surface area contributed by atoms with Gasteiger partial charge in [-0.15, -0.1) is 0 Å². The van der Waals surface area contributed by atoms with Gasteiger partial charge in [0.25, 0.3) is 0 Å². The van der Waals surface area contributed by atoms with Crippen LogP contribution in [0.25, 0.3) is 0 Å². The zero-order valence-electron chi connectivity index (χ0n) is 10.4. The summed E-state index contributed by atoms with van der Waals surface area (Å²) >= 11 is 5.56. The molecule has 1 rings (SSSR count). The third-order valence-electron chi connectivity index (χ3n) is 2.62. The van der Waals surface area contributed by atoms with Crippen LogP contribution in [0, 0.1) is 11.6 Å². The normalized spacial score (nSPS) is 13.8. The molecule has 1 aromatic rings. The van der Waals surface area contributed by atoms with Crippen molar-refractivity contribution in [3.63, 3.8) is 0 Å². The third kappa shape index (κ3) is 3.58. The molecule has 0 bridgehead atoms. The minimum atomic E-state index is -4.47. The van der Waals surface area contributed by atoms with Gasteiger partial charge in [0, 0.05) is 5.02 Å². The van der Waals surface area contributed by atoms with Crippen molar-refractivity contribution < 1.29 is 26.3 Å². The first-order chi connectivity index (χ1) is 9.21. The lowest BCUT2D eigenvalue weighted by Gasteiger charge is -2.28. The molecular weight excluding hydrogens is 308 g/mol. The molecule has 0 saturated heterocycles. The average molecular weight is 320 g/mol. The summed E-state index contributed by atoms with van der Waals surface area (Å²) in [6.45, 7) is 1.62. The van der Waals surface area contributed by atoms with Crippen LogP contribution in [-0.2, 0) is 0 Å². The maximum Gasteiger partial charge on any atom is 0.326 e. The Balaban J connectivity index is 3.27. The van der Waals surface area contributed by atoms with Crippen LogP contribution >= 0.6 is 11.6 Å². The molecule has 0 aliphatic rings. The molecule has 0 spiro atoms. The summed E-state index contributed by atoms with van der Waals surface area (Å²) in [6, 6.07) is -1.32. The zero-order chi connectivity index (χ0) is 15.5. The van der Waals surface area contributed by atoms with Gasteiger partial charge < -0.3 is 5.32 Å². The van der Waals surface area contributed by atoms with Gasteiger partial charge in [0.1, 0.15) is 6.04 Å². The van der Waals surface area contributed by atoms with Gasteiger partial charge in [-0.2, -0.15) is 8.78 Å². The summed E-state index contributed by atoms with van der Waals surface area (Å²) < 4.78 is 78.1. The highest BCUT2D eigenvalue weighted by Gasteiger charge is 2.50. The molecule has 8 heteroatoms. The van der Waals surface area contributed by atoms with Crippen LogP contribution in [-0.4, -0.2) is 18.9 Å². The lowest BCUT2D eigenvalue weighted by molar-refractivity contribution is -0.151. The van der Waals surface area contributed by atoms with Crippen molar-refractivity contribution >= 4 is 11.6 Å². The summed E-state index contributed by atoms with van der Waals surface area (Å²) in [5.74, 6) is -7.24. The first-order valence-electron chi connectivity index (χ1n) is 5.75. The van der Waals surface area contributed by atoms with Crippen LogP contribution < -0.4 is 5.32 Å². The van der Waals surface area contributed by atoms with Crippen LogP contribution in [0.5, 0.6) is 0 Å². The van der Waals surface area contributed by atoms with E-state index in [4.69, 9.17) is 11.6 Å². The fraction of sp³-hybridized carbons (Fsp3) is 0.500. The van der Waals surface area contributed by atoms with Crippen LogP contribution in [0.3, 0.4) is 0 Å². The lowest BCUT2D eigenvalue weighted by Crippen LogP contribution is -2.43. The van der Waals surface area contributed by atoms with E-state index in [-0.39, 0.29) is 6.54 Å². The second-order valence-corrected chi connectivity index (χ2v) is 4.56. The number of hydrogen-bond donors (Lipinski definition) is 1. The predicted molar refractivity (Wildman–Crippen MR) is 63.4 cm³/mol. The summed E-state index contributed by atoms with van der Waals surface area (Å²) in [4.78, 5) is 0. The lowest BCUT2D eigenvalue weighted by atomic mass is 10.00. The molecule has 0 radical (unpaired) electrons. The van der Waals surface area contributed by atoms with Gasteiger partial charge in [0.15, 0.2) is 11.6 Å². The Morgan fingerprint density at radius 3 is 2.25 bits per heavy atom. The number of benzene rings is 1. The topological polar surface area (TPSA) is 12.0 Å².